The Morgan fingerprint density at radius 2 is 1.95 bits per heavy atom. The molecule has 0 radical (unpaired) electrons. The molecule has 3 heteroatoms. The zero-order chi connectivity index (χ0) is 13.3. The first-order chi connectivity index (χ1) is 9.18. The Morgan fingerprint density at radius 3 is 2.74 bits per heavy atom. The number of ether oxygens (including phenoxy) is 1. The Hall–Kier alpha value is -2.08. The molecular weight excluding hydrogens is 240 g/mol. The molecule has 1 aromatic carbocycles. The van der Waals surface area contributed by atoms with Gasteiger partial charge in [-0.3, -0.25) is 9.59 Å². The first-order valence-electron chi connectivity index (χ1n) is 6.50. The molecular formula is C16H14O3. The van der Waals surface area contributed by atoms with Gasteiger partial charge in [0.2, 0.25) is 0 Å². The second kappa shape index (κ2) is 4.55. The van der Waals surface area contributed by atoms with E-state index in [1.54, 1.807) is 0 Å². The van der Waals surface area contributed by atoms with E-state index < -0.39 is 5.60 Å². The summed E-state index contributed by atoms with van der Waals surface area (Å²) in [4.78, 5) is 23.0. The third-order valence-electron chi connectivity index (χ3n) is 3.81. The fraction of sp³-hybridized carbons (Fsp3) is 0.375. The zero-order valence-electron chi connectivity index (χ0n) is 10.5. The lowest BCUT2D eigenvalue weighted by molar-refractivity contribution is -0.147. The van der Waals surface area contributed by atoms with Crippen LogP contribution < -0.4 is 0 Å². The van der Waals surface area contributed by atoms with Gasteiger partial charge in [0, 0.05) is 30.7 Å². The van der Waals surface area contributed by atoms with E-state index in [2.05, 4.69) is 11.8 Å². The number of ketones is 1. The van der Waals surface area contributed by atoms with E-state index in [1.807, 2.05) is 30.3 Å². The molecule has 0 bridgehead atoms. The number of carbonyl (C=O) groups excluding carboxylic acids is 2. The number of hydrogen-bond acceptors (Lipinski definition) is 3. The van der Waals surface area contributed by atoms with Crippen LogP contribution in [0.2, 0.25) is 0 Å². The number of rotatable bonds is 0. The van der Waals surface area contributed by atoms with Gasteiger partial charge < -0.3 is 4.74 Å². The van der Waals surface area contributed by atoms with Crippen LogP contribution in [-0.4, -0.2) is 17.4 Å². The van der Waals surface area contributed by atoms with Crippen LogP contribution >= 0.6 is 0 Å². The zero-order valence-corrected chi connectivity index (χ0v) is 10.5. The molecule has 2 atom stereocenters. The van der Waals surface area contributed by atoms with E-state index in [4.69, 9.17) is 4.74 Å². The summed E-state index contributed by atoms with van der Waals surface area (Å²) in [6.07, 6.45) is 1.71. The largest absolute Gasteiger partial charge is 0.445 e. The summed E-state index contributed by atoms with van der Waals surface area (Å²) < 4.78 is 5.46. The lowest BCUT2D eigenvalue weighted by atomic mass is 9.75. The van der Waals surface area contributed by atoms with Gasteiger partial charge in [0.15, 0.2) is 5.60 Å². The fourth-order valence-corrected chi connectivity index (χ4v) is 2.78. The second-order valence-corrected chi connectivity index (χ2v) is 5.12. The molecule has 1 saturated heterocycles. The molecule has 1 aromatic rings. The van der Waals surface area contributed by atoms with Gasteiger partial charge in [0.1, 0.15) is 5.78 Å². The normalized spacial score (nSPS) is 29.2. The summed E-state index contributed by atoms with van der Waals surface area (Å²) >= 11 is 0. The molecule has 1 aliphatic heterocycles. The van der Waals surface area contributed by atoms with Crippen LogP contribution in [-0.2, 0) is 14.3 Å². The highest BCUT2D eigenvalue weighted by Crippen LogP contribution is 2.42. The van der Waals surface area contributed by atoms with E-state index in [0.29, 0.717) is 25.7 Å². The van der Waals surface area contributed by atoms with E-state index in [1.165, 1.54) is 0 Å². The molecule has 3 nitrogen and oxygen atoms in total. The van der Waals surface area contributed by atoms with E-state index in [-0.39, 0.29) is 17.7 Å². The summed E-state index contributed by atoms with van der Waals surface area (Å²) in [7, 11) is 0. The van der Waals surface area contributed by atoms with Crippen LogP contribution in [0.15, 0.2) is 30.3 Å². The highest BCUT2D eigenvalue weighted by Gasteiger charge is 2.51. The topological polar surface area (TPSA) is 43.4 Å². The Kier molecular flexibility index (Phi) is 2.87. The van der Waals surface area contributed by atoms with Crippen molar-refractivity contribution in [1.82, 2.24) is 0 Å². The SMILES string of the molecule is O=C1CCC2(C#Cc3ccccc3)OC(=O)CC2C1. The van der Waals surface area contributed by atoms with Crippen molar-refractivity contribution < 1.29 is 14.3 Å². The third-order valence-corrected chi connectivity index (χ3v) is 3.81. The van der Waals surface area contributed by atoms with Crippen LogP contribution in [0.25, 0.3) is 0 Å². The van der Waals surface area contributed by atoms with Gasteiger partial charge in [-0.2, -0.15) is 0 Å². The summed E-state index contributed by atoms with van der Waals surface area (Å²) in [6.45, 7) is 0. The smallest absolute Gasteiger partial charge is 0.307 e. The van der Waals surface area contributed by atoms with Crippen molar-refractivity contribution in [2.24, 2.45) is 5.92 Å². The van der Waals surface area contributed by atoms with Gasteiger partial charge >= 0.3 is 5.97 Å². The lowest BCUT2D eigenvalue weighted by Gasteiger charge is -2.31. The molecule has 0 amide bonds. The van der Waals surface area contributed by atoms with Crippen molar-refractivity contribution in [2.75, 3.05) is 0 Å². The summed E-state index contributed by atoms with van der Waals surface area (Å²) in [6, 6.07) is 9.61. The van der Waals surface area contributed by atoms with Crippen molar-refractivity contribution in [3.63, 3.8) is 0 Å². The predicted molar refractivity (Wildman–Crippen MR) is 69.1 cm³/mol. The van der Waals surface area contributed by atoms with Crippen molar-refractivity contribution in [3.8, 4) is 11.8 Å². The van der Waals surface area contributed by atoms with E-state index in [0.717, 1.165) is 5.56 Å². The minimum absolute atomic E-state index is 0.0718. The van der Waals surface area contributed by atoms with Crippen LogP contribution in [0.5, 0.6) is 0 Å². The first kappa shape index (κ1) is 12.0. The molecule has 2 unspecified atom stereocenters. The fourth-order valence-electron chi connectivity index (χ4n) is 2.78. The van der Waals surface area contributed by atoms with Crippen molar-refractivity contribution in [3.05, 3.63) is 35.9 Å². The lowest BCUT2D eigenvalue weighted by Crippen LogP contribution is -2.39. The van der Waals surface area contributed by atoms with Gasteiger partial charge in [0.05, 0.1) is 6.42 Å². The van der Waals surface area contributed by atoms with E-state index >= 15 is 0 Å². The van der Waals surface area contributed by atoms with Crippen molar-refractivity contribution in [2.45, 2.75) is 31.3 Å². The van der Waals surface area contributed by atoms with Crippen molar-refractivity contribution >= 4 is 11.8 Å². The molecule has 3 rings (SSSR count). The Bertz CT molecular complexity index is 579. The molecule has 0 spiro atoms. The second-order valence-electron chi connectivity index (χ2n) is 5.12. The molecule has 2 fully saturated rings. The maximum absolute atomic E-state index is 11.5. The first-order valence-corrected chi connectivity index (χ1v) is 6.50. The van der Waals surface area contributed by atoms with Gasteiger partial charge in [-0.25, -0.2) is 0 Å². The number of fused-ring (bicyclic) bond motifs is 1. The van der Waals surface area contributed by atoms with Crippen molar-refractivity contribution in [1.29, 1.82) is 0 Å². The summed E-state index contributed by atoms with van der Waals surface area (Å²) in [5.74, 6) is 6.10. The molecule has 96 valence electrons. The maximum Gasteiger partial charge on any atom is 0.307 e. The van der Waals surface area contributed by atoms with Gasteiger partial charge in [-0.1, -0.05) is 24.1 Å². The number of esters is 1. The Morgan fingerprint density at radius 1 is 1.16 bits per heavy atom. The van der Waals surface area contributed by atoms with Gasteiger partial charge in [-0.15, -0.1) is 0 Å². The molecule has 1 saturated carbocycles. The summed E-state index contributed by atoms with van der Waals surface area (Å²) in [5, 5.41) is 0. The number of hydrogen-bond donors (Lipinski definition) is 0. The quantitative estimate of drug-likeness (QED) is 0.526. The monoisotopic (exact) mass is 254 g/mol. The number of Topliss-reactive ketones (excluding diaryl/α,β-unsaturated/α-hetero) is 1. The van der Waals surface area contributed by atoms with E-state index in [9.17, 15) is 9.59 Å². The third kappa shape index (κ3) is 2.26. The minimum Gasteiger partial charge on any atom is -0.445 e. The van der Waals surface area contributed by atoms with Crippen LogP contribution in [0.4, 0.5) is 0 Å². The maximum atomic E-state index is 11.5. The van der Waals surface area contributed by atoms with Crippen LogP contribution in [0.3, 0.4) is 0 Å². The Labute approximate surface area is 112 Å². The molecule has 1 heterocycles. The highest BCUT2D eigenvalue weighted by molar-refractivity contribution is 5.83. The molecule has 0 aromatic heterocycles. The number of carbonyl (C=O) groups is 2. The summed E-state index contributed by atoms with van der Waals surface area (Å²) in [5.41, 5.74) is 0.163. The standard InChI is InChI=1S/C16H14O3/c17-14-7-9-16(13(10-14)11-15(18)19-16)8-6-12-4-2-1-3-5-12/h1-5,13H,7,9-11H2. The average molecular weight is 254 g/mol. The van der Waals surface area contributed by atoms with Gasteiger partial charge in [-0.05, 0) is 18.1 Å². The molecule has 2 aliphatic rings. The molecule has 1 aliphatic carbocycles. The van der Waals surface area contributed by atoms with Crippen LogP contribution in [0, 0.1) is 17.8 Å². The Balaban J connectivity index is 1.91. The molecule has 0 N–H and O–H groups in total. The molecule has 19 heavy (non-hydrogen) atoms. The van der Waals surface area contributed by atoms with Gasteiger partial charge in [0.25, 0.3) is 0 Å². The van der Waals surface area contributed by atoms with Crippen LogP contribution in [0.1, 0.15) is 31.2 Å². The average Bonchev–Trinajstić information content (AvgIpc) is 2.73. The minimum atomic E-state index is -0.735. The highest BCUT2D eigenvalue weighted by atomic mass is 16.6. The predicted octanol–water partition coefficient (Wildman–Crippen LogP) is 2.09. The number of benzene rings is 1.